The molecular formula is C11H6N2O3. The van der Waals surface area contributed by atoms with Gasteiger partial charge in [0.2, 0.25) is 12.0 Å². The Hall–Kier alpha value is -2.27. The zero-order chi connectivity index (χ0) is 11.3. The normalized spacial score (nSPS) is 22.2. The largest absolute Gasteiger partial charge is 0.754 e. The molecule has 3 aliphatic rings. The number of ketones is 1. The predicted molar refractivity (Wildman–Crippen MR) is 55.3 cm³/mol. The molecule has 0 atom stereocenters. The van der Waals surface area contributed by atoms with Crippen LogP contribution in [0.3, 0.4) is 0 Å². The van der Waals surface area contributed by atoms with Crippen LogP contribution in [0, 0.1) is 10.1 Å². The molecule has 0 saturated heterocycles. The van der Waals surface area contributed by atoms with Gasteiger partial charge in [0.15, 0.2) is 0 Å². The number of carbonyl (C=O) groups excluding carboxylic acids is 1. The SMILES string of the molecule is O=C1C2=CC=CN([O-])C2=C2C1=CC=C[N+]2=O. The molecule has 2 heterocycles. The lowest BCUT2D eigenvalue weighted by atomic mass is 10.1. The van der Waals surface area contributed by atoms with E-state index < -0.39 is 0 Å². The minimum atomic E-state index is -0.277. The van der Waals surface area contributed by atoms with Gasteiger partial charge in [-0.1, -0.05) is 0 Å². The molecule has 5 nitrogen and oxygen atoms in total. The number of fused-ring (bicyclic) bond motifs is 2. The quantitative estimate of drug-likeness (QED) is 0.569. The van der Waals surface area contributed by atoms with E-state index in [2.05, 4.69) is 0 Å². The number of Topliss-reactive ketones (excluding diaryl/α,β-unsaturated/α-hetero) is 1. The Morgan fingerprint density at radius 2 is 1.94 bits per heavy atom. The molecule has 2 aliphatic heterocycles. The minimum absolute atomic E-state index is 0.137. The average Bonchev–Trinajstić information content (AvgIpc) is 2.56. The summed E-state index contributed by atoms with van der Waals surface area (Å²) in [5.74, 6) is -0.277. The van der Waals surface area contributed by atoms with Crippen molar-refractivity contribution in [2.75, 3.05) is 0 Å². The summed E-state index contributed by atoms with van der Waals surface area (Å²) >= 11 is 0. The Balaban J connectivity index is 2.32. The average molecular weight is 214 g/mol. The Kier molecular flexibility index (Phi) is 1.61. The molecule has 0 aromatic rings. The van der Waals surface area contributed by atoms with Gasteiger partial charge in [0, 0.05) is 11.0 Å². The highest BCUT2D eigenvalue weighted by atomic mass is 16.5. The molecular weight excluding hydrogens is 208 g/mol. The first-order valence-electron chi connectivity index (χ1n) is 4.69. The van der Waals surface area contributed by atoms with Crippen molar-refractivity contribution < 1.29 is 9.55 Å². The second-order valence-electron chi connectivity index (χ2n) is 3.52. The van der Waals surface area contributed by atoms with Crippen LogP contribution in [0.15, 0.2) is 59.2 Å². The molecule has 5 heteroatoms. The van der Waals surface area contributed by atoms with E-state index in [0.29, 0.717) is 9.82 Å². The van der Waals surface area contributed by atoms with Crippen LogP contribution in [0.25, 0.3) is 0 Å². The van der Waals surface area contributed by atoms with Crippen molar-refractivity contribution in [2.24, 2.45) is 0 Å². The Morgan fingerprint density at radius 1 is 1.19 bits per heavy atom. The van der Waals surface area contributed by atoms with Crippen molar-refractivity contribution in [3.8, 4) is 0 Å². The van der Waals surface area contributed by atoms with Gasteiger partial charge in [0.05, 0.1) is 10.3 Å². The molecule has 0 saturated carbocycles. The van der Waals surface area contributed by atoms with Crippen molar-refractivity contribution in [1.29, 1.82) is 0 Å². The fourth-order valence-electron chi connectivity index (χ4n) is 1.95. The van der Waals surface area contributed by atoms with E-state index in [1.165, 1.54) is 24.6 Å². The fourth-order valence-corrected chi connectivity index (χ4v) is 1.95. The van der Waals surface area contributed by atoms with Crippen LogP contribution in [0.5, 0.6) is 0 Å². The highest BCUT2D eigenvalue weighted by Crippen LogP contribution is 2.38. The van der Waals surface area contributed by atoms with E-state index in [1.54, 1.807) is 12.2 Å². The first-order chi connectivity index (χ1) is 7.70. The molecule has 0 radical (unpaired) electrons. The van der Waals surface area contributed by atoms with Gasteiger partial charge < -0.3 is 10.3 Å². The van der Waals surface area contributed by atoms with Crippen LogP contribution in [-0.2, 0) is 4.79 Å². The van der Waals surface area contributed by atoms with Crippen molar-refractivity contribution in [3.05, 3.63) is 69.4 Å². The first-order valence-corrected chi connectivity index (χ1v) is 4.69. The Labute approximate surface area is 90.5 Å². The molecule has 1 aliphatic carbocycles. The zero-order valence-corrected chi connectivity index (χ0v) is 8.08. The highest BCUT2D eigenvalue weighted by Gasteiger charge is 2.43. The number of allylic oxidation sites excluding steroid dienone is 6. The number of rotatable bonds is 0. The lowest BCUT2D eigenvalue weighted by Gasteiger charge is -2.28. The molecule has 0 bridgehead atoms. The van der Waals surface area contributed by atoms with E-state index in [4.69, 9.17) is 0 Å². The van der Waals surface area contributed by atoms with Crippen molar-refractivity contribution >= 4 is 5.78 Å². The number of nitroso groups, excluding NO2 is 1. The monoisotopic (exact) mass is 214 g/mol. The van der Waals surface area contributed by atoms with Gasteiger partial charge in [0.25, 0.3) is 5.70 Å². The maximum Gasteiger partial charge on any atom is 0.297 e. The summed E-state index contributed by atoms with van der Waals surface area (Å²) in [6.45, 7) is 0. The number of nitrogens with zero attached hydrogens (tertiary/aromatic N) is 2. The standard InChI is InChI=1S/C11H6N2O3/c14-11-7-3-1-5-12(15)9(7)10-8(11)4-2-6-13(10)16/h1-6H. The lowest BCUT2D eigenvalue weighted by molar-refractivity contribution is -0.422. The second-order valence-corrected chi connectivity index (χ2v) is 3.52. The van der Waals surface area contributed by atoms with Crippen molar-refractivity contribution in [2.45, 2.75) is 0 Å². The fraction of sp³-hybridized carbons (Fsp3) is 0. The number of hydroxylamine groups is 2. The lowest BCUT2D eigenvalue weighted by Crippen LogP contribution is -2.15. The number of hydrogen-bond acceptors (Lipinski definition) is 4. The summed E-state index contributed by atoms with van der Waals surface area (Å²) in [4.78, 5) is 23.5. The van der Waals surface area contributed by atoms with Crippen LogP contribution in [0.2, 0.25) is 0 Å². The third-order valence-electron chi connectivity index (χ3n) is 2.63. The third-order valence-corrected chi connectivity index (χ3v) is 2.63. The molecule has 0 fully saturated rings. The van der Waals surface area contributed by atoms with E-state index in [0.717, 1.165) is 0 Å². The van der Waals surface area contributed by atoms with Gasteiger partial charge in [-0.25, -0.2) is 0 Å². The smallest absolute Gasteiger partial charge is 0.297 e. The van der Waals surface area contributed by atoms with Crippen molar-refractivity contribution in [1.82, 2.24) is 5.06 Å². The topological polar surface area (TPSA) is 63.5 Å². The summed E-state index contributed by atoms with van der Waals surface area (Å²) in [7, 11) is 0. The van der Waals surface area contributed by atoms with Gasteiger partial charge in [-0.15, -0.1) is 0 Å². The molecule has 3 rings (SSSR count). The Bertz CT molecular complexity index is 576. The van der Waals surface area contributed by atoms with Crippen LogP contribution in [0.1, 0.15) is 0 Å². The molecule has 0 aromatic carbocycles. The minimum Gasteiger partial charge on any atom is -0.754 e. The van der Waals surface area contributed by atoms with Crippen LogP contribution >= 0.6 is 0 Å². The van der Waals surface area contributed by atoms with Gasteiger partial charge in [0.1, 0.15) is 11.3 Å². The van der Waals surface area contributed by atoms with E-state index in [1.807, 2.05) is 0 Å². The molecule has 16 heavy (non-hydrogen) atoms. The van der Waals surface area contributed by atoms with Gasteiger partial charge >= 0.3 is 0 Å². The molecule has 0 aromatic heterocycles. The molecule has 0 N–H and O–H groups in total. The summed E-state index contributed by atoms with van der Waals surface area (Å²) in [6.07, 6.45) is 8.62. The second kappa shape index (κ2) is 2.86. The summed E-state index contributed by atoms with van der Waals surface area (Å²) in [5.41, 5.74) is 0.836. The molecule has 0 unspecified atom stereocenters. The van der Waals surface area contributed by atoms with Crippen molar-refractivity contribution in [3.63, 3.8) is 0 Å². The maximum atomic E-state index is 11.9. The van der Waals surface area contributed by atoms with E-state index in [9.17, 15) is 14.9 Å². The number of carbonyl (C=O) groups is 1. The third kappa shape index (κ3) is 0.949. The van der Waals surface area contributed by atoms with E-state index >= 15 is 0 Å². The highest BCUT2D eigenvalue weighted by molar-refractivity contribution is 6.18. The predicted octanol–water partition coefficient (Wildman–Crippen LogP) is 1.27. The van der Waals surface area contributed by atoms with Crippen LogP contribution < -0.4 is 0 Å². The maximum absolute atomic E-state index is 11.9. The summed E-state index contributed by atoms with van der Waals surface area (Å²) in [5, 5.41) is 12.1. The van der Waals surface area contributed by atoms with Gasteiger partial charge in [-0.05, 0) is 24.4 Å². The molecule has 0 spiro atoms. The van der Waals surface area contributed by atoms with Gasteiger partial charge in [-0.3, -0.25) is 4.79 Å². The number of hydrogen-bond donors (Lipinski definition) is 0. The van der Waals surface area contributed by atoms with Crippen LogP contribution in [0.4, 0.5) is 0 Å². The zero-order valence-electron chi connectivity index (χ0n) is 8.08. The molecule has 78 valence electrons. The molecule has 0 amide bonds. The van der Waals surface area contributed by atoms with E-state index in [-0.39, 0.29) is 28.3 Å². The first kappa shape index (κ1) is 8.99. The summed E-state index contributed by atoms with van der Waals surface area (Å²) < 4.78 is 0.549. The summed E-state index contributed by atoms with van der Waals surface area (Å²) in [6, 6.07) is 0. The van der Waals surface area contributed by atoms with Gasteiger partial charge in [-0.2, -0.15) is 0 Å². The van der Waals surface area contributed by atoms with Crippen LogP contribution in [-0.4, -0.2) is 15.6 Å². The Morgan fingerprint density at radius 3 is 2.75 bits per heavy atom.